The van der Waals surface area contributed by atoms with Crippen LogP contribution in [0.2, 0.25) is 0 Å². The van der Waals surface area contributed by atoms with Gasteiger partial charge in [0.15, 0.2) is 0 Å². The van der Waals surface area contributed by atoms with Gasteiger partial charge in [-0.2, -0.15) is 0 Å². The Labute approximate surface area is 176 Å². The summed E-state index contributed by atoms with van der Waals surface area (Å²) in [4.78, 5) is 12.9. The van der Waals surface area contributed by atoms with Crippen LogP contribution in [0.1, 0.15) is 5.56 Å². The van der Waals surface area contributed by atoms with Crippen molar-refractivity contribution >= 4 is 6.47 Å². The molecule has 0 saturated carbocycles. The van der Waals surface area contributed by atoms with Gasteiger partial charge in [-0.25, -0.2) is 4.98 Å². The number of imidazole rings is 1. The van der Waals surface area contributed by atoms with E-state index in [9.17, 15) is 0 Å². The average molecular weight is 399 g/mol. The van der Waals surface area contributed by atoms with Crippen LogP contribution in [0.15, 0.2) is 97.3 Å². The molecule has 0 fully saturated rings. The van der Waals surface area contributed by atoms with E-state index in [4.69, 9.17) is 9.90 Å². The molecule has 0 aliphatic carbocycles. The summed E-state index contributed by atoms with van der Waals surface area (Å²) < 4.78 is 2.20. The standard InChI is InChI=1S/C24H23N3.CH2O2/c1-3-7-21(8-4-1)22-13-11-20(12-14-22)19-25-15-17-27-18-16-26-24(27)23-9-5-2-6-10-23;2-1-3/h1-14,16,18,25H,15,17,19H2;1H,(H,2,3). The second-order valence-electron chi connectivity index (χ2n) is 6.66. The highest BCUT2D eigenvalue weighted by Crippen LogP contribution is 2.19. The maximum absolute atomic E-state index is 8.36. The molecule has 0 amide bonds. The summed E-state index contributed by atoms with van der Waals surface area (Å²) in [6.07, 6.45) is 3.91. The minimum atomic E-state index is -0.250. The van der Waals surface area contributed by atoms with Crippen LogP contribution in [0.5, 0.6) is 0 Å². The van der Waals surface area contributed by atoms with Crippen molar-refractivity contribution in [3.8, 4) is 22.5 Å². The lowest BCUT2D eigenvalue weighted by Crippen LogP contribution is -2.19. The van der Waals surface area contributed by atoms with Crippen LogP contribution in [0.4, 0.5) is 0 Å². The molecule has 0 aliphatic rings. The lowest BCUT2D eigenvalue weighted by molar-refractivity contribution is -0.122. The van der Waals surface area contributed by atoms with Gasteiger partial charge in [-0.05, 0) is 16.7 Å². The maximum atomic E-state index is 8.36. The van der Waals surface area contributed by atoms with Crippen LogP contribution >= 0.6 is 0 Å². The fourth-order valence-electron chi connectivity index (χ4n) is 3.22. The Morgan fingerprint density at radius 2 is 1.40 bits per heavy atom. The summed E-state index contributed by atoms with van der Waals surface area (Å²) in [7, 11) is 0. The molecule has 4 rings (SSSR count). The lowest BCUT2D eigenvalue weighted by atomic mass is 10.0. The van der Waals surface area contributed by atoms with E-state index in [0.717, 1.165) is 31.0 Å². The number of carboxylic acid groups (broad SMARTS) is 1. The van der Waals surface area contributed by atoms with Gasteiger partial charge >= 0.3 is 0 Å². The summed E-state index contributed by atoms with van der Waals surface area (Å²) in [5, 5.41) is 10.4. The first-order valence-electron chi connectivity index (χ1n) is 9.81. The van der Waals surface area contributed by atoms with Gasteiger partial charge in [-0.1, -0.05) is 84.9 Å². The highest BCUT2D eigenvalue weighted by molar-refractivity contribution is 5.63. The first-order valence-corrected chi connectivity index (χ1v) is 9.81. The quantitative estimate of drug-likeness (QED) is 0.349. The van der Waals surface area contributed by atoms with E-state index >= 15 is 0 Å². The summed E-state index contributed by atoms with van der Waals surface area (Å²) in [6.45, 7) is 2.41. The molecule has 4 aromatic rings. The zero-order valence-electron chi connectivity index (χ0n) is 16.7. The summed E-state index contributed by atoms with van der Waals surface area (Å²) in [5.41, 5.74) is 4.96. The van der Waals surface area contributed by atoms with E-state index in [2.05, 4.69) is 75.5 Å². The van der Waals surface area contributed by atoms with Crippen molar-refractivity contribution in [1.82, 2.24) is 14.9 Å². The molecule has 0 saturated heterocycles. The van der Waals surface area contributed by atoms with Gasteiger partial charge in [0.05, 0.1) is 0 Å². The molecule has 0 unspecified atom stereocenters. The normalized spacial score (nSPS) is 10.1. The number of rotatable bonds is 7. The third kappa shape index (κ3) is 5.90. The zero-order chi connectivity index (χ0) is 21.0. The molecule has 3 aromatic carbocycles. The van der Waals surface area contributed by atoms with E-state index in [1.807, 2.05) is 36.7 Å². The van der Waals surface area contributed by atoms with Crippen molar-refractivity contribution in [1.29, 1.82) is 0 Å². The van der Waals surface area contributed by atoms with Gasteiger partial charge in [-0.3, -0.25) is 4.79 Å². The first-order chi connectivity index (χ1) is 14.8. The van der Waals surface area contributed by atoms with Crippen LogP contribution in [0.25, 0.3) is 22.5 Å². The van der Waals surface area contributed by atoms with Crippen molar-refractivity contribution in [2.75, 3.05) is 6.54 Å². The molecular formula is C25H25N3O2. The molecule has 2 N–H and O–H groups in total. The summed E-state index contributed by atoms with van der Waals surface area (Å²) in [6, 6.07) is 29.6. The second kappa shape index (κ2) is 11.3. The Bertz CT molecular complexity index is 1010. The number of benzene rings is 3. The molecule has 5 heteroatoms. The van der Waals surface area contributed by atoms with E-state index in [-0.39, 0.29) is 6.47 Å². The maximum Gasteiger partial charge on any atom is 0.290 e. The average Bonchev–Trinajstić information content (AvgIpc) is 3.27. The third-order valence-corrected chi connectivity index (χ3v) is 4.67. The molecule has 0 bridgehead atoms. The number of carbonyl (C=O) groups is 1. The first kappa shape index (κ1) is 21.0. The van der Waals surface area contributed by atoms with Crippen LogP contribution in [0.3, 0.4) is 0 Å². The zero-order valence-corrected chi connectivity index (χ0v) is 16.7. The Balaban J connectivity index is 0.000000806. The molecule has 0 radical (unpaired) electrons. The summed E-state index contributed by atoms with van der Waals surface area (Å²) >= 11 is 0. The Kier molecular flexibility index (Phi) is 7.94. The number of hydrogen-bond acceptors (Lipinski definition) is 3. The van der Waals surface area contributed by atoms with Crippen LogP contribution in [0, 0.1) is 0 Å². The molecule has 1 aromatic heterocycles. The lowest BCUT2D eigenvalue weighted by Gasteiger charge is -2.10. The van der Waals surface area contributed by atoms with Crippen molar-refractivity contribution in [2.24, 2.45) is 0 Å². The molecule has 0 aliphatic heterocycles. The number of nitrogens with zero attached hydrogens (tertiary/aromatic N) is 2. The van der Waals surface area contributed by atoms with E-state index in [0.29, 0.717) is 0 Å². The Hall–Kier alpha value is -3.70. The predicted octanol–water partition coefficient (Wildman–Crippen LogP) is 4.71. The fraction of sp³-hybridized carbons (Fsp3) is 0.120. The molecule has 5 nitrogen and oxygen atoms in total. The topological polar surface area (TPSA) is 67.2 Å². The van der Waals surface area contributed by atoms with Gasteiger partial charge in [-0.15, -0.1) is 0 Å². The van der Waals surface area contributed by atoms with Crippen LogP contribution < -0.4 is 5.32 Å². The number of aromatic nitrogens is 2. The van der Waals surface area contributed by atoms with Gasteiger partial charge in [0.1, 0.15) is 5.82 Å². The molecule has 0 atom stereocenters. The fourth-order valence-corrected chi connectivity index (χ4v) is 3.22. The van der Waals surface area contributed by atoms with E-state index in [1.54, 1.807) is 0 Å². The third-order valence-electron chi connectivity index (χ3n) is 4.67. The van der Waals surface area contributed by atoms with Gasteiger partial charge in [0.25, 0.3) is 6.47 Å². The summed E-state index contributed by atoms with van der Waals surface area (Å²) in [5.74, 6) is 1.02. The Morgan fingerprint density at radius 1 is 0.833 bits per heavy atom. The van der Waals surface area contributed by atoms with E-state index in [1.165, 1.54) is 16.7 Å². The van der Waals surface area contributed by atoms with Gasteiger partial charge in [0, 0.05) is 37.6 Å². The van der Waals surface area contributed by atoms with Gasteiger partial charge < -0.3 is 15.0 Å². The number of nitrogens with one attached hydrogen (secondary N) is 1. The van der Waals surface area contributed by atoms with Crippen molar-refractivity contribution < 1.29 is 9.90 Å². The molecule has 0 spiro atoms. The second-order valence-corrected chi connectivity index (χ2v) is 6.66. The Morgan fingerprint density at radius 3 is 2.03 bits per heavy atom. The monoisotopic (exact) mass is 399 g/mol. The minimum Gasteiger partial charge on any atom is -0.483 e. The largest absolute Gasteiger partial charge is 0.483 e. The minimum absolute atomic E-state index is 0.250. The van der Waals surface area contributed by atoms with Crippen LogP contribution in [-0.4, -0.2) is 27.7 Å². The molecule has 30 heavy (non-hydrogen) atoms. The van der Waals surface area contributed by atoms with Crippen LogP contribution in [-0.2, 0) is 17.9 Å². The van der Waals surface area contributed by atoms with Crippen molar-refractivity contribution in [2.45, 2.75) is 13.1 Å². The highest BCUT2D eigenvalue weighted by Gasteiger charge is 2.04. The highest BCUT2D eigenvalue weighted by atomic mass is 16.3. The SMILES string of the molecule is O=CO.c1ccc(-c2ccc(CNCCn3ccnc3-c3ccccc3)cc2)cc1. The molecule has 1 heterocycles. The smallest absolute Gasteiger partial charge is 0.290 e. The van der Waals surface area contributed by atoms with Crippen molar-refractivity contribution in [3.63, 3.8) is 0 Å². The van der Waals surface area contributed by atoms with E-state index < -0.39 is 0 Å². The van der Waals surface area contributed by atoms with Gasteiger partial charge in [0.2, 0.25) is 0 Å². The van der Waals surface area contributed by atoms with Crippen molar-refractivity contribution in [3.05, 3.63) is 103 Å². The molecule has 152 valence electrons. The predicted molar refractivity (Wildman–Crippen MR) is 120 cm³/mol. The molecular weight excluding hydrogens is 374 g/mol. The number of hydrogen-bond donors (Lipinski definition) is 2.